The molecule has 8 heteroatoms. The van der Waals surface area contributed by atoms with E-state index in [1.54, 1.807) is 0 Å². The Bertz CT molecular complexity index is 701. The third-order valence-electron chi connectivity index (χ3n) is 3.78. The van der Waals surface area contributed by atoms with E-state index in [1.807, 2.05) is 6.92 Å². The number of nitrogens with two attached hydrogens (primary N) is 1. The summed E-state index contributed by atoms with van der Waals surface area (Å²) in [4.78, 5) is -0.289. The summed E-state index contributed by atoms with van der Waals surface area (Å²) in [5, 5.41) is 5.02. The smallest absolute Gasteiger partial charge is 0.225 e. The van der Waals surface area contributed by atoms with Crippen molar-refractivity contribution in [3.63, 3.8) is 0 Å². The van der Waals surface area contributed by atoms with Crippen LogP contribution in [0.4, 0.5) is 0 Å². The van der Waals surface area contributed by atoms with Crippen molar-refractivity contribution in [2.75, 3.05) is 0 Å². The highest BCUT2D eigenvalue weighted by Gasteiger charge is 2.39. The molecule has 0 aliphatic heterocycles. The third-order valence-corrected chi connectivity index (χ3v) is 6.27. The van der Waals surface area contributed by atoms with Gasteiger partial charge >= 0.3 is 0 Å². The summed E-state index contributed by atoms with van der Waals surface area (Å²) < 4.78 is 49.9. The summed E-state index contributed by atoms with van der Waals surface area (Å²) in [6, 6.07) is 5.08. The summed E-state index contributed by atoms with van der Waals surface area (Å²) >= 11 is 0. The molecular formula is C12H18N2O4S2. The zero-order chi connectivity index (χ0) is 15.0. The molecule has 3 N–H and O–H groups in total. The number of hydrogen-bond donors (Lipinski definition) is 2. The second kappa shape index (κ2) is 5.10. The van der Waals surface area contributed by atoms with E-state index in [2.05, 4.69) is 4.72 Å². The molecule has 2 rings (SSSR count). The van der Waals surface area contributed by atoms with E-state index in [4.69, 9.17) is 5.14 Å². The Morgan fingerprint density at radius 2 is 1.80 bits per heavy atom. The monoisotopic (exact) mass is 318 g/mol. The lowest BCUT2D eigenvalue weighted by Gasteiger charge is -2.41. The minimum atomic E-state index is -3.92. The predicted molar refractivity (Wildman–Crippen MR) is 75.0 cm³/mol. The van der Waals surface area contributed by atoms with Crippen LogP contribution in [0, 0.1) is 0 Å². The number of nitrogens with one attached hydrogen (secondary N) is 1. The molecule has 0 unspecified atom stereocenters. The third kappa shape index (κ3) is 3.03. The van der Waals surface area contributed by atoms with Gasteiger partial charge in [-0.3, -0.25) is 0 Å². The molecular weight excluding hydrogens is 300 g/mol. The Balaban J connectivity index is 2.35. The minimum Gasteiger partial charge on any atom is -0.225 e. The van der Waals surface area contributed by atoms with Crippen molar-refractivity contribution in [3.8, 4) is 0 Å². The van der Waals surface area contributed by atoms with Crippen molar-refractivity contribution in [2.24, 2.45) is 5.14 Å². The fourth-order valence-electron chi connectivity index (χ4n) is 2.29. The Hall–Kier alpha value is -0.960. The fraction of sp³-hybridized carbons (Fsp3) is 0.500. The highest BCUT2D eigenvalue weighted by molar-refractivity contribution is 7.90. The molecule has 0 atom stereocenters. The zero-order valence-electron chi connectivity index (χ0n) is 11.2. The molecule has 0 aromatic heterocycles. The Morgan fingerprint density at radius 3 is 2.25 bits per heavy atom. The van der Waals surface area contributed by atoms with E-state index in [9.17, 15) is 16.8 Å². The molecule has 0 amide bonds. The molecule has 0 saturated heterocycles. The van der Waals surface area contributed by atoms with Gasteiger partial charge in [0.2, 0.25) is 20.0 Å². The summed E-state index contributed by atoms with van der Waals surface area (Å²) in [6.45, 7) is 1.93. The first-order chi connectivity index (χ1) is 9.19. The van der Waals surface area contributed by atoms with Crippen LogP contribution < -0.4 is 9.86 Å². The van der Waals surface area contributed by atoms with Gasteiger partial charge in [-0.1, -0.05) is 13.0 Å². The number of benzene rings is 1. The number of primary sulfonamides is 1. The SMILES string of the molecule is CCC1(NS(=O)(=O)c2cccc(S(N)(=O)=O)c2)CCC1. The molecule has 0 heterocycles. The second-order valence-electron chi connectivity index (χ2n) is 5.11. The van der Waals surface area contributed by atoms with Crippen molar-refractivity contribution >= 4 is 20.0 Å². The topological polar surface area (TPSA) is 106 Å². The standard InChI is InChI=1S/C12H18N2O4S2/c1-2-12(7-4-8-12)14-20(17,18)11-6-3-5-10(9-11)19(13,15)16/h3,5-6,9,14H,2,4,7-8H2,1H3,(H2,13,15,16). The second-order valence-corrected chi connectivity index (χ2v) is 8.36. The summed E-state index contributed by atoms with van der Waals surface area (Å²) in [5.74, 6) is 0. The van der Waals surface area contributed by atoms with Gasteiger partial charge in [-0.15, -0.1) is 0 Å². The van der Waals surface area contributed by atoms with Gasteiger partial charge in [-0.05, 0) is 43.9 Å². The first-order valence-corrected chi connectivity index (χ1v) is 9.38. The van der Waals surface area contributed by atoms with Crippen molar-refractivity contribution in [2.45, 2.75) is 47.9 Å². The molecule has 0 spiro atoms. The predicted octanol–water partition coefficient (Wildman–Crippen LogP) is 0.945. The first-order valence-electron chi connectivity index (χ1n) is 6.35. The normalized spacial score (nSPS) is 18.5. The molecule has 1 fully saturated rings. The lowest BCUT2D eigenvalue weighted by atomic mass is 9.76. The highest BCUT2D eigenvalue weighted by atomic mass is 32.2. The van der Waals surface area contributed by atoms with E-state index in [0.29, 0.717) is 6.42 Å². The average Bonchev–Trinajstić information content (AvgIpc) is 2.33. The van der Waals surface area contributed by atoms with Crippen LogP contribution in [0.5, 0.6) is 0 Å². The molecule has 1 saturated carbocycles. The summed E-state index contributed by atoms with van der Waals surface area (Å²) in [5.41, 5.74) is -0.392. The summed E-state index contributed by atoms with van der Waals surface area (Å²) in [6.07, 6.45) is 3.31. The van der Waals surface area contributed by atoms with E-state index in [-0.39, 0.29) is 9.79 Å². The maximum Gasteiger partial charge on any atom is 0.241 e. The molecule has 1 aliphatic carbocycles. The van der Waals surface area contributed by atoms with Gasteiger partial charge in [0.05, 0.1) is 9.79 Å². The van der Waals surface area contributed by atoms with Crippen molar-refractivity contribution in [1.29, 1.82) is 0 Å². The molecule has 1 aromatic carbocycles. The largest absolute Gasteiger partial charge is 0.241 e. The van der Waals surface area contributed by atoms with Crippen LogP contribution in [0.3, 0.4) is 0 Å². The zero-order valence-corrected chi connectivity index (χ0v) is 12.8. The van der Waals surface area contributed by atoms with E-state index in [1.165, 1.54) is 18.2 Å². The Kier molecular flexibility index (Phi) is 3.94. The van der Waals surface area contributed by atoms with E-state index < -0.39 is 25.6 Å². The molecule has 0 bridgehead atoms. The number of hydrogen-bond acceptors (Lipinski definition) is 4. The average molecular weight is 318 g/mol. The maximum absolute atomic E-state index is 12.3. The van der Waals surface area contributed by atoms with Gasteiger partial charge in [-0.2, -0.15) is 0 Å². The van der Waals surface area contributed by atoms with Gasteiger partial charge < -0.3 is 0 Å². The van der Waals surface area contributed by atoms with Crippen LogP contribution in [-0.4, -0.2) is 22.4 Å². The maximum atomic E-state index is 12.3. The van der Waals surface area contributed by atoms with Crippen LogP contribution in [0.15, 0.2) is 34.1 Å². The van der Waals surface area contributed by atoms with Crippen LogP contribution in [0.1, 0.15) is 32.6 Å². The Morgan fingerprint density at radius 1 is 1.20 bits per heavy atom. The molecule has 1 aliphatic rings. The molecule has 6 nitrogen and oxygen atoms in total. The van der Waals surface area contributed by atoms with Crippen LogP contribution >= 0.6 is 0 Å². The van der Waals surface area contributed by atoms with Gasteiger partial charge in [0.15, 0.2) is 0 Å². The number of rotatable bonds is 5. The first kappa shape index (κ1) is 15.4. The van der Waals surface area contributed by atoms with Gasteiger partial charge in [0, 0.05) is 5.54 Å². The van der Waals surface area contributed by atoms with Crippen LogP contribution in [-0.2, 0) is 20.0 Å². The highest BCUT2D eigenvalue weighted by Crippen LogP contribution is 2.36. The Labute approximate surface area is 119 Å². The van der Waals surface area contributed by atoms with Crippen molar-refractivity contribution in [1.82, 2.24) is 4.72 Å². The molecule has 112 valence electrons. The molecule has 20 heavy (non-hydrogen) atoms. The van der Waals surface area contributed by atoms with Crippen LogP contribution in [0.2, 0.25) is 0 Å². The summed E-state index contributed by atoms with van der Waals surface area (Å²) in [7, 11) is -7.66. The van der Waals surface area contributed by atoms with Gasteiger partial charge in [0.1, 0.15) is 0 Å². The quantitative estimate of drug-likeness (QED) is 0.842. The molecule has 1 aromatic rings. The van der Waals surface area contributed by atoms with Gasteiger partial charge in [-0.25, -0.2) is 26.7 Å². The molecule has 0 radical (unpaired) electrons. The van der Waals surface area contributed by atoms with E-state index in [0.717, 1.165) is 25.3 Å². The lowest BCUT2D eigenvalue weighted by molar-refractivity contribution is 0.214. The lowest BCUT2D eigenvalue weighted by Crippen LogP contribution is -2.52. The van der Waals surface area contributed by atoms with Gasteiger partial charge in [0.25, 0.3) is 0 Å². The minimum absolute atomic E-state index is 0.0799. The van der Waals surface area contributed by atoms with Crippen LogP contribution in [0.25, 0.3) is 0 Å². The van der Waals surface area contributed by atoms with Crippen molar-refractivity contribution in [3.05, 3.63) is 24.3 Å². The van der Waals surface area contributed by atoms with Crippen molar-refractivity contribution < 1.29 is 16.8 Å². The fourth-order valence-corrected chi connectivity index (χ4v) is 4.50. The van der Waals surface area contributed by atoms with E-state index >= 15 is 0 Å². The number of sulfonamides is 2.